The Hall–Kier alpha value is -0.920. The molecule has 0 aliphatic rings. The van der Waals surface area contributed by atoms with Crippen LogP contribution in [0.15, 0.2) is 12.7 Å². The Morgan fingerprint density at radius 1 is 1.25 bits per heavy atom. The first-order valence-corrected chi connectivity index (χ1v) is 8.46. The molecule has 7 heteroatoms. The fraction of sp³-hybridized carbons (Fsp3) is 0.769. The Morgan fingerprint density at radius 3 is 2.45 bits per heavy atom. The molecule has 0 aromatic heterocycles. The SMILES string of the molecule is C=CC(=O)OCCCCN(CCC)CCCS(=O)(=O)O. The quantitative estimate of drug-likeness (QED) is 0.254. The first-order valence-electron chi connectivity index (χ1n) is 6.85. The number of carbonyl (C=O) groups excluding carboxylic acids is 1. The van der Waals surface area contributed by atoms with Gasteiger partial charge in [0, 0.05) is 6.08 Å². The maximum absolute atomic E-state index is 10.8. The van der Waals surface area contributed by atoms with Crippen LogP contribution >= 0.6 is 0 Å². The highest BCUT2D eigenvalue weighted by Gasteiger charge is 2.08. The van der Waals surface area contributed by atoms with Crippen LogP contribution in [0.3, 0.4) is 0 Å². The lowest BCUT2D eigenvalue weighted by atomic mass is 10.2. The van der Waals surface area contributed by atoms with Gasteiger partial charge in [0.25, 0.3) is 10.1 Å². The van der Waals surface area contributed by atoms with Gasteiger partial charge in [0.15, 0.2) is 0 Å². The second-order valence-corrected chi connectivity index (χ2v) is 6.13. The number of ether oxygens (including phenoxy) is 1. The van der Waals surface area contributed by atoms with Gasteiger partial charge in [-0.25, -0.2) is 4.79 Å². The molecule has 0 aliphatic heterocycles. The third-order valence-electron chi connectivity index (χ3n) is 2.70. The lowest BCUT2D eigenvalue weighted by Gasteiger charge is -2.21. The van der Waals surface area contributed by atoms with Crippen molar-refractivity contribution in [2.24, 2.45) is 0 Å². The van der Waals surface area contributed by atoms with Crippen molar-refractivity contribution in [3.05, 3.63) is 12.7 Å². The summed E-state index contributed by atoms with van der Waals surface area (Å²) in [6.45, 7) is 8.09. The summed E-state index contributed by atoms with van der Waals surface area (Å²) < 4.78 is 34.8. The standard InChI is InChI=1S/C13H25NO5S/c1-3-8-14(10-7-12-20(16,17)18)9-5-6-11-19-13(15)4-2/h4H,2-3,5-12H2,1H3,(H,16,17,18). The first kappa shape index (κ1) is 19.1. The number of hydrogen-bond donors (Lipinski definition) is 1. The topological polar surface area (TPSA) is 83.9 Å². The summed E-state index contributed by atoms with van der Waals surface area (Å²) in [5.74, 6) is -0.618. The number of carbonyl (C=O) groups is 1. The van der Waals surface area contributed by atoms with Gasteiger partial charge in [0.05, 0.1) is 12.4 Å². The van der Waals surface area contributed by atoms with Crippen LogP contribution in [0.4, 0.5) is 0 Å². The summed E-state index contributed by atoms with van der Waals surface area (Å²) in [7, 11) is -3.87. The number of esters is 1. The van der Waals surface area contributed by atoms with Gasteiger partial charge in [0.2, 0.25) is 0 Å². The van der Waals surface area contributed by atoms with Crippen LogP contribution in [0.25, 0.3) is 0 Å². The average molecular weight is 307 g/mol. The number of hydrogen-bond acceptors (Lipinski definition) is 5. The lowest BCUT2D eigenvalue weighted by molar-refractivity contribution is -0.137. The number of rotatable bonds is 12. The number of unbranched alkanes of at least 4 members (excludes halogenated alkanes) is 1. The zero-order chi connectivity index (χ0) is 15.4. The van der Waals surface area contributed by atoms with Crippen LogP contribution < -0.4 is 0 Å². The predicted molar refractivity (Wildman–Crippen MR) is 78.2 cm³/mol. The molecule has 0 rings (SSSR count). The minimum atomic E-state index is -3.87. The number of nitrogens with zero attached hydrogens (tertiary/aromatic N) is 1. The fourth-order valence-electron chi connectivity index (χ4n) is 1.79. The van der Waals surface area contributed by atoms with Crippen molar-refractivity contribution in [1.82, 2.24) is 4.90 Å². The molecule has 0 spiro atoms. The summed E-state index contributed by atoms with van der Waals surface area (Å²) in [5, 5.41) is 0. The molecule has 0 amide bonds. The maximum atomic E-state index is 10.8. The molecule has 1 N–H and O–H groups in total. The fourth-order valence-corrected chi connectivity index (χ4v) is 2.29. The first-order chi connectivity index (χ1) is 9.39. The minimum absolute atomic E-state index is 0.204. The lowest BCUT2D eigenvalue weighted by Crippen LogP contribution is -2.28. The Morgan fingerprint density at radius 2 is 1.90 bits per heavy atom. The largest absolute Gasteiger partial charge is 0.463 e. The highest BCUT2D eigenvalue weighted by atomic mass is 32.2. The molecule has 0 radical (unpaired) electrons. The zero-order valence-electron chi connectivity index (χ0n) is 12.1. The van der Waals surface area contributed by atoms with E-state index < -0.39 is 16.1 Å². The van der Waals surface area contributed by atoms with Crippen LogP contribution in [0, 0.1) is 0 Å². The van der Waals surface area contributed by atoms with E-state index in [1.54, 1.807) is 0 Å². The Kier molecular flexibility index (Phi) is 10.3. The van der Waals surface area contributed by atoms with Gasteiger partial charge < -0.3 is 9.64 Å². The Labute approximate surface area is 121 Å². The van der Waals surface area contributed by atoms with Crippen molar-refractivity contribution in [2.75, 3.05) is 32.0 Å². The molecule has 0 atom stereocenters. The van der Waals surface area contributed by atoms with Crippen LogP contribution in [-0.2, 0) is 19.6 Å². The second-order valence-electron chi connectivity index (χ2n) is 4.56. The van der Waals surface area contributed by atoms with Crippen molar-refractivity contribution in [1.29, 1.82) is 0 Å². The summed E-state index contributed by atoms with van der Waals surface area (Å²) in [5.41, 5.74) is 0. The van der Waals surface area contributed by atoms with E-state index >= 15 is 0 Å². The van der Waals surface area contributed by atoms with Gasteiger partial charge in [-0.3, -0.25) is 4.55 Å². The van der Waals surface area contributed by atoms with Gasteiger partial charge in [-0.2, -0.15) is 8.42 Å². The van der Waals surface area contributed by atoms with E-state index in [0.29, 0.717) is 19.6 Å². The molecule has 0 aromatic carbocycles. The van der Waals surface area contributed by atoms with E-state index in [0.717, 1.165) is 38.4 Å². The molecule has 0 aliphatic carbocycles. The van der Waals surface area contributed by atoms with Crippen molar-refractivity contribution >= 4 is 16.1 Å². The summed E-state index contributed by atoms with van der Waals surface area (Å²) in [4.78, 5) is 13.0. The predicted octanol–water partition coefficient (Wildman–Crippen LogP) is 1.49. The molecule has 0 unspecified atom stereocenters. The molecular formula is C13H25NO5S. The van der Waals surface area contributed by atoms with Gasteiger partial charge in [-0.15, -0.1) is 0 Å². The molecule has 6 nitrogen and oxygen atoms in total. The van der Waals surface area contributed by atoms with Gasteiger partial charge in [0.1, 0.15) is 0 Å². The monoisotopic (exact) mass is 307 g/mol. The van der Waals surface area contributed by atoms with E-state index in [9.17, 15) is 13.2 Å². The van der Waals surface area contributed by atoms with Gasteiger partial charge in [-0.1, -0.05) is 13.5 Å². The molecule has 0 saturated carbocycles. The maximum Gasteiger partial charge on any atom is 0.330 e. The highest BCUT2D eigenvalue weighted by molar-refractivity contribution is 7.85. The molecule has 0 heterocycles. The second kappa shape index (κ2) is 10.8. The smallest absolute Gasteiger partial charge is 0.330 e. The van der Waals surface area contributed by atoms with Crippen LogP contribution in [0.5, 0.6) is 0 Å². The van der Waals surface area contributed by atoms with Gasteiger partial charge in [-0.05, 0) is 45.3 Å². The van der Waals surface area contributed by atoms with Crippen LogP contribution in [-0.4, -0.2) is 55.8 Å². The third kappa shape index (κ3) is 12.1. The van der Waals surface area contributed by atoms with E-state index in [4.69, 9.17) is 9.29 Å². The molecule has 118 valence electrons. The van der Waals surface area contributed by atoms with Crippen LogP contribution in [0.1, 0.15) is 32.6 Å². The summed E-state index contributed by atoms with van der Waals surface area (Å²) in [6.07, 6.45) is 4.18. The van der Waals surface area contributed by atoms with Crippen molar-refractivity contribution in [2.45, 2.75) is 32.6 Å². The van der Waals surface area contributed by atoms with E-state index in [1.165, 1.54) is 0 Å². The van der Waals surface area contributed by atoms with Gasteiger partial charge >= 0.3 is 5.97 Å². The molecule has 20 heavy (non-hydrogen) atoms. The van der Waals surface area contributed by atoms with E-state index in [-0.39, 0.29) is 5.75 Å². The average Bonchev–Trinajstić information content (AvgIpc) is 2.36. The normalized spacial score (nSPS) is 11.6. The van der Waals surface area contributed by atoms with E-state index in [2.05, 4.69) is 18.4 Å². The molecular weight excluding hydrogens is 282 g/mol. The van der Waals surface area contributed by atoms with Crippen molar-refractivity contribution in [3.63, 3.8) is 0 Å². The van der Waals surface area contributed by atoms with Crippen molar-refractivity contribution in [3.8, 4) is 0 Å². The molecule has 0 saturated heterocycles. The molecule has 0 aromatic rings. The third-order valence-corrected chi connectivity index (χ3v) is 3.50. The summed E-state index contributed by atoms with van der Waals surface area (Å²) >= 11 is 0. The molecule has 0 fully saturated rings. The zero-order valence-corrected chi connectivity index (χ0v) is 12.9. The summed E-state index contributed by atoms with van der Waals surface area (Å²) in [6, 6.07) is 0. The van der Waals surface area contributed by atoms with Crippen molar-refractivity contribution < 1.29 is 22.5 Å². The van der Waals surface area contributed by atoms with E-state index in [1.807, 2.05) is 0 Å². The Bertz CT molecular complexity index is 380. The van der Waals surface area contributed by atoms with Crippen LogP contribution in [0.2, 0.25) is 0 Å². The highest BCUT2D eigenvalue weighted by Crippen LogP contribution is 2.01. The molecule has 0 bridgehead atoms. The Balaban J connectivity index is 3.79. The minimum Gasteiger partial charge on any atom is -0.463 e.